The van der Waals surface area contributed by atoms with Crippen molar-refractivity contribution in [1.29, 1.82) is 0 Å². The van der Waals surface area contributed by atoms with Crippen LogP contribution in [0.2, 0.25) is 0 Å². The fraction of sp³-hybridized carbons (Fsp3) is 0.174. The second kappa shape index (κ2) is 7.87. The van der Waals surface area contributed by atoms with Crippen LogP contribution in [-0.2, 0) is 16.0 Å². The minimum absolute atomic E-state index is 0.0499. The number of nitrogens with one attached hydrogen (secondary N) is 2. The maximum Gasteiger partial charge on any atom is 0.331 e. The number of imide groups is 2. The van der Waals surface area contributed by atoms with Gasteiger partial charge in [0.1, 0.15) is 5.57 Å². The van der Waals surface area contributed by atoms with Crippen LogP contribution in [0.25, 0.3) is 17.0 Å². The number of fused-ring (bicyclic) bond motifs is 1. The number of rotatable bonds is 5. The van der Waals surface area contributed by atoms with Crippen molar-refractivity contribution >= 4 is 40.5 Å². The molecule has 0 atom stereocenters. The van der Waals surface area contributed by atoms with Gasteiger partial charge in [0.05, 0.1) is 0 Å². The first-order chi connectivity index (χ1) is 14.4. The standard InChI is InChI=1S/C23H22N4O3/c1-26(2)17-9-7-15(8-10-17)13-19-21(28)25-23(30)27(22(19)29)12-11-16-14-24-20-6-4-3-5-18(16)20/h3-10,13-14,24H,11-12H2,1-2H3,(H,25,28,30). The van der Waals surface area contributed by atoms with E-state index in [9.17, 15) is 14.4 Å². The summed E-state index contributed by atoms with van der Waals surface area (Å²) in [4.78, 5) is 43.7. The summed E-state index contributed by atoms with van der Waals surface area (Å²) >= 11 is 0. The summed E-state index contributed by atoms with van der Waals surface area (Å²) < 4.78 is 0. The smallest absolute Gasteiger partial charge is 0.331 e. The van der Waals surface area contributed by atoms with Crippen LogP contribution >= 0.6 is 0 Å². The predicted molar refractivity (Wildman–Crippen MR) is 116 cm³/mol. The van der Waals surface area contributed by atoms with E-state index in [2.05, 4.69) is 10.3 Å². The number of barbiturate groups is 1. The Kier molecular flexibility index (Phi) is 5.10. The topological polar surface area (TPSA) is 85.5 Å². The van der Waals surface area contributed by atoms with E-state index < -0.39 is 17.8 Å². The molecule has 0 aliphatic carbocycles. The largest absolute Gasteiger partial charge is 0.378 e. The highest BCUT2D eigenvalue weighted by Crippen LogP contribution is 2.21. The minimum Gasteiger partial charge on any atom is -0.378 e. The molecule has 0 unspecified atom stereocenters. The molecule has 7 nitrogen and oxygen atoms in total. The molecule has 0 bridgehead atoms. The lowest BCUT2D eigenvalue weighted by Crippen LogP contribution is -2.54. The molecule has 0 radical (unpaired) electrons. The number of para-hydroxylation sites is 1. The predicted octanol–water partition coefficient (Wildman–Crippen LogP) is 2.94. The summed E-state index contributed by atoms with van der Waals surface area (Å²) in [6.07, 6.45) is 3.88. The van der Waals surface area contributed by atoms with Crippen molar-refractivity contribution in [2.75, 3.05) is 25.5 Å². The molecule has 2 heterocycles. The molecule has 1 saturated heterocycles. The molecule has 152 valence electrons. The van der Waals surface area contributed by atoms with Gasteiger partial charge in [0.15, 0.2) is 0 Å². The second-order valence-corrected chi connectivity index (χ2v) is 7.37. The third kappa shape index (κ3) is 3.69. The van der Waals surface area contributed by atoms with Crippen LogP contribution in [0, 0.1) is 0 Å². The van der Waals surface area contributed by atoms with Gasteiger partial charge in [-0.3, -0.25) is 19.8 Å². The number of aromatic amines is 1. The molecule has 2 N–H and O–H groups in total. The molecule has 1 aliphatic rings. The van der Waals surface area contributed by atoms with Crippen molar-refractivity contribution in [3.63, 3.8) is 0 Å². The molecule has 0 saturated carbocycles. The zero-order chi connectivity index (χ0) is 21.3. The molecule has 1 aromatic heterocycles. The summed E-state index contributed by atoms with van der Waals surface area (Å²) in [7, 11) is 3.87. The van der Waals surface area contributed by atoms with Gasteiger partial charge in [0.25, 0.3) is 11.8 Å². The molecule has 4 rings (SSSR count). The molecule has 0 spiro atoms. The fourth-order valence-electron chi connectivity index (χ4n) is 3.50. The summed E-state index contributed by atoms with van der Waals surface area (Å²) in [6, 6.07) is 14.6. The molecule has 3 aromatic rings. The van der Waals surface area contributed by atoms with Gasteiger partial charge in [0.2, 0.25) is 0 Å². The molecule has 2 aromatic carbocycles. The highest BCUT2D eigenvalue weighted by atomic mass is 16.2. The highest BCUT2D eigenvalue weighted by Gasteiger charge is 2.35. The summed E-state index contributed by atoms with van der Waals surface area (Å²) in [6.45, 7) is 0.177. The Bertz CT molecular complexity index is 1160. The summed E-state index contributed by atoms with van der Waals surface area (Å²) in [5.41, 5.74) is 3.68. The molecular weight excluding hydrogens is 380 g/mol. The quantitative estimate of drug-likeness (QED) is 0.508. The highest BCUT2D eigenvalue weighted by molar-refractivity contribution is 6.31. The van der Waals surface area contributed by atoms with Crippen molar-refractivity contribution in [3.05, 3.63) is 71.4 Å². The van der Waals surface area contributed by atoms with E-state index in [0.717, 1.165) is 27.1 Å². The minimum atomic E-state index is -0.690. The Labute approximate surface area is 174 Å². The Morgan fingerprint density at radius 3 is 2.47 bits per heavy atom. The molecular formula is C23H22N4O3. The Hall–Kier alpha value is -3.87. The number of amides is 4. The van der Waals surface area contributed by atoms with Crippen molar-refractivity contribution < 1.29 is 14.4 Å². The maximum absolute atomic E-state index is 12.9. The first-order valence-electron chi connectivity index (χ1n) is 9.65. The van der Waals surface area contributed by atoms with Crippen molar-refractivity contribution in [2.24, 2.45) is 0 Å². The average Bonchev–Trinajstić information content (AvgIpc) is 3.14. The van der Waals surface area contributed by atoms with E-state index in [1.165, 1.54) is 6.08 Å². The summed E-state index contributed by atoms with van der Waals surface area (Å²) in [5, 5.41) is 3.32. The van der Waals surface area contributed by atoms with E-state index in [-0.39, 0.29) is 12.1 Å². The van der Waals surface area contributed by atoms with Crippen LogP contribution < -0.4 is 10.2 Å². The van der Waals surface area contributed by atoms with Crippen molar-refractivity contribution in [3.8, 4) is 0 Å². The van der Waals surface area contributed by atoms with Gasteiger partial charge < -0.3 is 9.88 Å². The van der Waals surface area contributed by atoms with Crippen LogP contribution in [0.1, 0.15) is 11.1 Å². The number of anilines is 1. The number of aromatic nitrogens is 1. The lowest BCUT2D eigenvalue weighted by Gasteiger charge is -2.26. The van der Waals surface area contributed by atoms with Gasteiger partial charge >= 0.3 is 6.03 Å². The summed E-state index contributed by atoms with van der Waals surface area (Å²) in [5.74, 6) is -1.26. The van der Waals surface area contributed by atoms with Crippen LogP contribution in [0.3, 0.4) is 0 Å². The number of hydrogen-bond donors (Lipinski definition) is 2. The second-order valence-electron chi connectivity index (χ2n) is 7.37. The first-order valence-corrected chi connectivity index (χ1v) is 9.65. The van der Waals surface area contributed by atoms with Crippen LogP contribution in [0.4, 0.5) is 10.5 Å². The van der Waals surface area contributed by atoms with E-state index >= 15 is 0 Å². The molecule has 4 amide bonds. The third-order valence-corrected chi connectivity index (χ3v) is 5.19. The Balaban J connectivity index is 1.54. The van der Waals surface area contributed by atoms with Gasteiger partial charge in [-0.2, -0.15) is 0 Å². The number of H-pyrrole nitrogens is 1. The number of urea groups is 1. The van der Waals surface area contributed by atoms with E-state index in [1.54, 1.807) is 0 Å². The van der Waals surface area contributed by atoms with Gasteiger partial charge in [-0.25, -0.2) is 4.79 Å². The number of nitrogens with zero attached hydrogens (tertiary/aromatic N) is 2. The zero-order valence-corrected chi connectivity index (χ0v) is 16.8. The van der Waals surface area contributed by atoms with Crippen molar-refractivity contribution in [1.82, 2.24) is 15.2 Å². The lowest BCUT2D eigenvalue weighted by molar-refractivity contribution is -0.130. The van der Waals surface area contributed by atoms with E-state index in [0.29, 0.717) is 12.0 Å². The molecule has 1 fully saturated rings. The van der Waals surface area contributed by atoms with Crippen LogP contribution in [0.15, 0.2) is 60.3 Å². The van der Waals surface area contributed by atoms with Crippen molar-refractivity contribution in [2.45, 2.75) is 6.42 Å². The maximum atomic E-state index is 12.9. The number of carbonyl (C=O) groups is 3. The number of benzene rings is 2. The fourth-order valence-corrected chi connectivity index (χ4v) is 3.50. The molecule has 7 heteroatoms. The Morgan fingerprint density at radius 1 is 1.00 bits per heavy atom. The zero-order valence-electron chi connectivity index (χ0n) is 16.8. The monoisotopic (exact) mass is 402 g/mol. The first kappa shape index (κ1) is 19.4. The van der Waals surface area contributed by atoms with E-state index in [4.69, 9.17) is 0 Å². The average molecular weight is 402 g/mol. The van der Waals surface area contributed by atoms with Gasteiger partial charge in [-0.1, -0.05) is 30.3 Å². The third-order valence-electron chi connectivity index (χ3n) is 5.19. The number of carbonyl (C=O) groups excluding carboxylic acids is 3. The van der Waals surface area contributed by atoms with E-state index in [1.807, 2.05) is 73.7 Å². The van der Waals surface area contributed by atoms with Gasteiger partial charge in [0, 0.05) is 43.4 Å². The van der Waals surface area contributed by atoms with Crippen LogP contribution in [0.5, 0.6) is 0 Å². The number of hydrogen-bond acceptors (Lipinski definition) is 4. The molecule has 1 aliphatic heterocycles. The molecule has 30 heavy (non-hydrogen) atoms. The lowest BCUT2D eigenvalue weighted by atomic mass is 10.1. The normalized spacial score (nSPS) is 15.7. The van der Waals surface area contributed by atoms with Gasteiger partial charge in [-0.05, 0) is 41.8 Å². The van der Waals surface area contributed by atoms with Crippen LogP contribution in [-0.4, -0.2) is 48.4 Å². The SMILES string of the molecule is CN(C)c1ccc(C=C2C(=O)NC(=O)N(CCc3c[nH]c4ccccc34)C2=O)cc1. The van der Waals surface area contributed by atoms with Gasteiger partial charge in [-0.15, -0.1) is 0 Å². The Morgan fingerprint density at radius 2 is 1.73 bits per heavy atom.